The van der Waals surface area contributed by atoms with Crippen LogP contribution in [0.4, 0.5) is 0 Å². The van der Waals surface area contributed by atoms with Crippen LogP contribution in [0.15, 0.2) is 41.0 Å². The van der Waals surface area contributed by atoms with Gasteiger partial charge in [0.1, 0.15) is 17.6 Å². The van der Waals surface area contributed by atoms with E-state index in [0.29, 0.717) is 11.5 Å². The lowest BCUT2D eigenvalue weighted by Gasteiger charge is -2.13. The Hall–Kier alpha value is -1.74. The second kappa shape index (κ2) is 4.41. The van der Waals surface area contributed by atoms with E-state index < -0.39 is 6.10 Å². The number of ether oxygens (including phenoxy) is 1. The molecule has 0 radical (unpaired) electrons. The average molecular weight is 218 g/mol. The van der Waals surface area contributed by atoms with Gasteiger partial charge in [0.05, 0.1) is 13.4 Å². The van der Waals surface area contributed by atoms with Crippen molar-refractivity contribution >= 4 is 0 Å². The zero-order valence-electron chi connectivity index (χ0n) is 9.31. The largest absolute Gasteiger partial charge is 0.496 e. The molecule has 0 spiro atoms. The Bertz CT molecular complexity index is 460. The van der Waals surface area contributed by atoms with Gasteiger partial charge in [-0.3, -0.25) is 0 Å². The molecule has 0 aliphatic heterocycles. The van der Waals surface area contributed by atoms with Crippen LogP contribution in [0, 0.1) is 6.92 Å². The summed E-state index contributed by atoms with van der Waals surface area (Å²) < 4.78 is 10.4. The number of aliphatic hydroxyl groups excluding tert-OH is 1. The highest BCUT2D eigenvalue weighted by atomic mass is 16.5. The van der Waals surface area contributed by atoms with Gasteiger partial charge in [-0.2, -0.15) is 0 Å². The molecule has 1 N–H and O–H groups in total. The van der Waals surface area contributed by atoms with Crippen LogP contribution in [0.25, 0.3) is 0 Å². The molecule has 1 unspecified atom stereocenters. The zero-order valence-corrected chi connectivity index (χ0v) is 9.31. The van der Waals surface area contributed by atoms with Crippen LogP contribution in [0.1, 0.15) is 23.0 Å². The van der Waals surface area contributed by atoms with E-state index in [0.717, 1.165) is 11.1 Å². The average Bonchev–Trinajstić information content (AvgIpc) is 2.81. The van der Waals surface area contributed by atoms with E-state index in [2.05, 4.69) is 0 Å². The summed E-state index contributed by atoms with van der Waals surface area (Å²) in [4.78, 5) is 0. The van der Waals surface area contributed by atoms with Gasteiger partial charge >= 0.3 is 0 Å². The highest BCUT2D eigenvalue weighted by Gasteiger charge is 2.17. The molecule has 16 heavy (non-hydrogen) atoms. The number of aliphatic hydroxyl groups is 1. The third-order valence-electron chi connectivity index (χ3n) is 2.49. The third kappa shape index (κ3) is 1.95. The van der Waals surface area contributed by atoms with Gasteiger partial charge in [-0.1, -0.05) is 11.6 Å². The Morgan fingerprint density at radius 3 is 2.75 bits per heavy atom. The second-order valence-corrected chi connectivity index (χ2v) is 3.66. The SMILES string of the molecule is COc1ccc(C)cc1C(O)c1ccco1. The highest BCUT2D eigenvalue weighted by Crippen LogP contribution is 2.30. The fraction of sp³-hybridized carbons (Fsp3) is 0.231. The molecule has 0 aliphatic rings. The van der Waals surface area contributed by atoms with Gasteiger partial charge in [0.2, 0.25) is 0 Å². The predicted octanol–water partition coefficient (Wildman–Crippen LogP) is 2.68. The van der Waals surface area contributed by atoms with Crippen molar-refractivity contribution in [2.75, 3.05) is 7.11 Å². The maximum absolute atomic E-state index is 10.1. The minimum atomic E-state index is -0.787. The van der Waals surface area contributed by atoms with Crippen LogP contribution >= 0.6 is 0 Å². The lowest BCUT2D eigenvalue weighted by atomic mass is 10.0. The summed E-state index contributed by atoms with van der Waals surface area (Å²) in [6, 6.07) is 9.17. The molecular formula is C13H14O3. The van der Waals surface area contributed by atoms with E-state index >= 15 is 0 Å². The lowest BCUT2D eigenvalue weighted by molar-refractivity contribution is 0.185. The molecule has 1 aromatic carbocycles. The van der Waals surface area contributed by atoms with Crippen molar-refractivity contribution in [1.82, 2.24) is 0 Å². The number of benzene rings is 1. The molecule has 3 nitrogen and oxygen atoms in total. The second-order valence-electron chi connectivity index (χ2n) is 3.66. The Labute approximate surface area is 94.3 Å². The van der Waals surface area contributed by atoms with Crippen LogP contribution in [0.3, 0.4) is 0 Å². The number of rotatable bonds is 3. The quantitative estimate of drug-likeness (QED) is 0.861. The maximum atomic E-state index is 10.1. The van der Waals surface area contributed by atoms with Crippen molar-refractivity contribution in [3.8, 4) is 5.75 Å². The molecule has 3 heteroatoms. The normalized spacial score (nSPS) is 12.4. The lowest BCUT2D eigenvalue weighted by Crippen LogP contribution is -2.01. The smallest absolute Gasteiger partial charge is 0.140 e. The molecular weight excluding hydrogens is 204 g/mol. The van der Waals surface area contributed by atoms with Gasteiger partial charge in [0.15, 0.2) is 0 Å². The summed E-state index contributed by atoms with van der Waals surface area (Å²) in [6.45, 7) is 1.97. The number of furan rings is 1. The fourth-order valence-electron chi connectivity index (χ4n) is 1.67. The first kappa shape index (κ1) is 10.8. The molecule has 0 bridgehead atoms. The number of hydrogen-bond acceptors (Lipinski definition) is 3. The first-order chi connectivity index (χ1) is 7.72. The molecule has 84 valence electrons. The minimum absolute atomic E-state index is 0.518. The molecule has 2 rings (SSSR count). The topological polar surface area (TPSA) is 42.6 Å². The monoisotopic (exact) mass is 218 g/mol. The van der Waals surface area contributed by atoms with E-state index in [4.69, 9.17) is 9.15 Å². The van der Waals surface area contributed by atoms with Crippen molar-refractivity contribution in [2.24, 2.45) is 0 Å². The molecule has 0 amide bonds. The Kier molecular flexibility index (Phi) is 2.97. The summed E-state index contributed by atoms with van der Waals surface area (Å²) in [5.41, 5.74) is 1.79. The molecule has 0 saturated heterocycles. The minimum Gasteiger partial charge on any atom is -0.496 e. The molecule has 0 fully saturated rings. The van der Waals surface area contributed by atoms with E-state index in [9.17, 15) is 5.11 Å². The number of hydrogen-bond donors (Lipinski definition) is 1. The van der Waals surface area contributed by atoms with E-state index in [1.807, 2.05) is 25.1 Å². The van der Waals surface area contributed by atoms with Gasteiger partial charge < -0.3 is 14.3 Å². The van der Waals surface area contributed by atoms with Gasteiger partial charge in [0, 0.05) is 5.56 Å². The van der Waals surface area contributed by atoms with Gasteiger partial charge in [0.25, 0.3) is 0 Å². The zero-order chi connectivity index (χ0) is 11.5. The van der Waals surface area contributed by atoms with Gasteiger partial charge in [-0.25, -0.2) is 0 Å². The van der Waals surface area contributed by atoms with Gasteiger partial charge in [-0.15, -0.1) is 0 Å². The summed E-state index contributed by atoms with van der Waals surface area (Å²) in [5.74, 6) is 1.18. The molecule has 1 atom stereocenters. The van der Waals surface area contributed by atoms with Crippen LogP contribution < -0.4 is 4.74 Å². The molecule has 1 aromatic heterocycles. The Morgan fingerprint density at radius 2 is 2.12 bits per heavy atom. The van der Waals surface area contributed by atoms with Crippen molar-refractivity contribution < 1.29 is 14.3 Å². The van der Waals surface area contributed by atoms with Crippen LogP contribution in [-0.4, -0.2) is 12.2 Å². The summed E-state index contributed by atoms with van der Waals surface area (Å²) in [5, 5.41) is 10.1. The predicted molar refractivity (Wildman–Crippen MR) is 60.5 cm³/mol. The molecule has 0 saturated carbocycles. The first-order valence-corrected chi connectivity index (χ1v) is 5.08. The van der Waals surface area contributed by atoms with E-state index in [-0.39, 0.29) is 0 Å². The first-order valence-electron chi connectivity index (χ1n) is 5.08. The summed E-state index contributed by atoms with van der Waals surface area (Å²) in [6.07, 6.45) is 0.755. The third-order valence-corrected chi connectivity index (χ3v) is 2.49. The summed E-state index contributed by atoms with van der Waals surface area (Å²) >= 11 is 0. The Morgan fingerprint density at radius 1 is 1.31 bits per heavy atom. The standard InChI is InChI=1S/C13H14O3/c1-9-5-6-11(15-2)10(8-9)13(14)12-4-3-7-16-12/h3-8,13-14H,1-2H3. The highest BCUT2D eigenvalue weighted by molar-refractivity contribution is 5.40. The summed E-state index contributed by atoms with van der Waals surface area (Å²) in [7, 11) is 1.59. The van der Waals surface area contributed by atoms with Crippen molar-refractivity contribution in [2.45, 2.75) is 13.0 Å². The van der Waals surface area contributed by atoms with Crippen molar-refractivity contribution in [3.05, 3.63) is 53.5 Å². The van der Waals surface area contributed by atoms with Crippen molar-refractivity contribution in [3.63, 3.8) is 0 Å². The molecule has 1 heterocycles. The van der Waals surface area contributed by atoms with Gasteiger partial charge in [-0.05, 0) is 31.2 Å². The molecule has 2 aromatic rings. The van der Waals surface area contributed by atoms with E-state index in [1.165, 1.54) is 0 Å². The van der Waals surface area contributed by atoms with E-state index in [1.54, 1.807) is 25.5 Å². The maximum Gasteiger partial charge on any atom is 0.140 e. The number of methoxy groups -OCH3 is 1. The fourth-order valence-corrected chi connectivity index (χ4v) is 1.67. The molecule has 0 aliphatic carbocycles. The van der Waals surface area contributed by atoms with Crippen LogP contribution in [-0.2, 0) is 0 Å². The van der Waals surface area contributed by atoms with Crippen LogP contribution in [0.5, 0.6) is 5.75 Å². The van der Waals surface area contributed by atoms with Crippen LogP contribution in [0.2, 0.25) is 0 Å². The number of aryl methyl sites for hydroxylation is 1. The van der Waals surface area contributed by atoms with Crippen molar-refractivity contribution in [1.29, 1.82) is 0 Å². The Balaban J connectivity index is 2.42.